The lowest BCUT2D eigenvalue weighted by Gasteiger charge is -2.36. The summed E-state index contributed by atoms with van der Waals surface area (Å²) in [5.41, 5.74) is 1.61. The Morgan fingerprint density at radius 2 is 2.16 bits per heavy atom. The average Bonchev–Trinajstić information content (AvgIpc) is 2.33. The van der Waals surface area contributed by atoms with Crippen LogP contribution in [-0.2, 0) is 0 Å². The Labute approximate surface area is 119 Å². The van der Waals surface area contributed by atoms with Crippen LogP contribution in [0, 0.1) is 12.8 Å². The molecular weight excluding hydrogens is 260 g/mol. The van der Waals surface area contributed by atoms with Crippen molar-refractivity contribution < 1.29 is 4.79 Å². The predicted molar refractivity (Wildman–Crippen MR) is 78.7 cm³/mol. The Kier molecular flexibility index (Phi) is 4.48. The van der Waals surface area contributed by atoms with Crippen molar-refractivity contribution in [3.8, 4) is 0 Å². The van der Waals surface area contributed by atoms with Crippen molar-refractivity contribution in [2.45, 2.75) is 39.3 Å². The maximum Gasteiger partial charge on any atom is 0.253 e. The molecule has 0 bridgehead atoms. The molecule has 0 radical (unpaired) electrons. The van der Waals surface area contributed by atoms with E-state index in [0.29, 0.717) is 16.5 Å². The molecule has 1 aromatic carbocycles. The molecule has 1 heterocycles. The van der Waals surface area contributed by atoms with Gasteiger partial charge in [0, 0.05) is 12.1 Å². The van der Waals surface area contributed by atoms with Crippen LogP contribution in [0.5, 0.6) is 0 Å². The molecule has 1 amide bonds. The van der Waals surface area contributed by atoms with E-state index in [1.165, 1.54) is 0 Å². The smallest absolute Gasteiger partial charge is 0.253 e. The summed E-state index contributed by atoms with van der Waals surface area (Å²) in [4.78, 5) is 12.3. The summed E-state index contributed by atoms with van der Waals surface area (Å²) in [6.07, 6.45) is 1.08. The first-order valence-electron chi connectivity index (χ1n) is 6.79. The van der Waals surface area contributed by atoms with Gasteiger partial charge in [0.1, 0.15) is 0 Å². The van der Waals surface area contributed by atoms with Crippen LogP contribution in [-0.4, -0.2) is 24.5 Å². The minimum absolute atomic E-state index is 0.0857. The van der Waals surface area contributed by atoms with E-state index in [2.05, 4.69) is 24.5 Å². The van der Waals surface area contributed by atoms with E-state index in [9.17, 15) is 4.79 Å². The van der Waals surface area contributed by atoms with Crippen molar-refractivity contribution in [3.63, 3.8) is 0 Å². The molecule has 1 fully saturated rings. The maximum absolute atomic E-state index is 12.3. The highest BCUT2D eigenvalue weighted by atomic mass is 35.5. The van der Waals surface area contributed by atoms with Crippen molar-refractivity contribution in [2.75, 3.05) is 6.54 Å². The Morgan fingerprint density at radius 1 is 1.42 bits per heavy atom. The second-order valence-corrected chi connectivity index (χ2v) is 5.90. The third-order valence-electron chi connectivity index (χ3n) is 3.88. The number of carbonyl (C=O) groups is 1. The Morgan fingerprint density at radius 3 is 2.79 bits per heavy atom. The van der Waals surface area contributed by atoms with Gasteiger partial charge in [0.2, 0.25) is 0 Å². The van der Waals surface area contributed by atoms with Crippen LogP contribution in [0.2, 0.25) is 5.02 Å². The van der Waals surface area contributed by atoms with Crippen LogP contribution >= 0.6 is 11.6 Å². The molecular formula is C15H21ClN2O. The quantitative estimate of drug-likeness (QED) is 0.875. The predicted octanol–water partition coefficient (Wildman–Crippen LogP) is 2.76. The number of halogens is 1. The van der Waals surface area contributed by atoms with Gasteiger partial charge in [0.05, 0.1) is 10.6 Å². The molecule has 2 N–H and O–H groups in total. The summed E-state index contributed by atoms with van der Waals surface area (Å²) in [6.45, 7) is 7.26. The summed E-state index contributed by atoms with van der Waals surface area (Å²) < 4.78 is 0. The van der Waals surface area contributed by atoms with Gasteiger partial charge in [-0.05, 0) is 50.4 Å². The van der Waals surface area contributed by atoms with Crippen molar-refractivity contribution in [1.82, 2.24) is 10.6 Å². The van der Waals surface area contributed by atoms with Crippen LogP contribution in [0.15, 0.2) is 18.2 Å². The molecule has 104 valence electrons. The van der Waals surface area contributed by atoms with E-state index >= 15 is 0 Å². The minimum Gasteiger partial charge on any atom is -0.347 e. The Hall–Kier alpha value is -1.06. The van der Waals surface area contributed by atoms with Crippen LogP contribution in [0.1, 0.15) is 36.2 Å². The molecule has 1 saturated heterocycles. The fraction of sp³-hybridized carbons (Fsp3) is 0.533. The van der Waals surface area contributed by atoms with E-state index < -0.39 is 0 Å². The highest BCUT2D eigenvalue weighted by Gasteiger charge is 2.29. The zero-order chi connectivity index (χ0) is 14.0. The molecule has 0 saturated carbocycles. The van der Waals surface area contributed by atoms with E-state index in [-0.39, 0.29) is 18.0 Å². The van der Waals surface area contributed by atoms with Gasteiger partial charge in [-0.3, -0.25) is 4.79 Å². The fourth-order valence-corrected chi connectivity index (χ4v) is 2.96. The molecule has 0 spiro atoms. The third kappa shape index (κ3) is 3.28. The summed E-state index contributed by atoms with van der Waals surface area (Å²) in [5.74, 6) is 0.391. The Balaban J connectivity index is 2.11. The first-order chi connectivity index (χ1) is 8.99. The topological polar surface area (TPSA) is 41.1 Å². The van der Waals surface area contributed by atoms with E-state index in [1.54, 1.807) is 6.07 Å². The third-order valence-corrected chi connectivity index (χ3v) is 4.20. The number of rotatable bonds is 2. The van der Waals surface area contributed by atoms with Crippen LogP contribution < -0.4 is 10.6 Å². The monoisotopic (exact) mass is 280 g/mol. The zero-order valence-corrected chi connectivity index (χ0v) is 12.4. The van der Waals surface area contributed by atoms with Gasteiger partial charge in [0.25, 0.3) is 5.91 Å². The summed E-state index contributed by atoms with van der Waals surface area (Å²) in [5, 5.41) is 7.02. The number of nitrogens with one attached hydrogen (secondary N) is 2. The summed E-state index contributed by atoms with van der Waals surface area (Å²) in [7, 11) is 0. The normalized spacial score (nSPS) is 27.1. The second kappa shape index (κ2) is 5.93. The van der Waals surface area contributed by atoms with E-state index in [1.807, 2.05) is 19.1 Å². The number of hydrogen-bond acceptors (Lipinski definition) is 2. The fourth-order valence-electron chi connectivity index (χ4n) is 2.64. The summed E-state index contributed by atoms with van der Waals surface area (Å²) in [6, 6.07) is 5.96. The number of aryl methyl sites for hydroxylation is 1. The molecule has 1 aromatic rings. The molecule has 4 heteroatoms. The van der Waals surface area contributed by atoms with Gasteiger partial charge in [-0.1, -0.05) is 24.6 Å². The molecule has 1 aliphatic heterocycles. The zero-order valence-electron chi connectivity index (χ0n) is 11.7. The van der Waals surface area contributed by atoms with Gasteiger partial charge in [-0.25, -0.2) is 0 Å². The average molecular weight is 281 g/mol. The van der Waals surface area contributed by atoms with Crippen molar-refractivity contribution >= 4 is 17.5 Å². The van der Waals surface area contributed by atoms with Crippen LogP contribution in [0.25, 0.3) is 0 Å². The van der Waals surface area contributed by atoms with Crippen LogP contribution in [0.3, 0.4) is 0 Å². The Bertz CT molecular complexity index is 465. The first kappa shape index (κ1) is 14.4. The number of amides is 1. The van der Waals surface area contributed by atoms with Gasteiger partial charge >= 0.3 is 0 Å². The molecule has 3 nitrogen and oxygen atoms in total. The largest absolute Gasteiger partial charge is 0.347 e. The molecule has 1 aliphatic rings. The molecule has 19 heavy (non-hydrogen) atoms. The van der Waals surface area contributed by atoms with Crippen molar-refractivity contribution in [1.29, 1.82) is 0 Å². The molecule has 0 aliphatic carbocycles. The number of piperidine rings is 1. The van der Waals surface area contributed by atoms with Crippen LogP contribution in [0.4, 0.5) is 0 Å². The standard InChI is InChI=1S/C15H21ClN2O/c1-9-4-5-12(13(16)8-9)15(19)18-14-10(2)6-7-17-11(14)3/h4-5,8,10-11,14,17H,6-7H2,1-3H3,(H,18,19). The number of benzene rings is 1. The van der Waals surface area contributed by atoms with Gasteiger partial charge in [-0.2, -0.15) is 0 Å². The SMILES string of the molecule is Cc1ccc(C(=O)NC2C(C)CCNC2C)c(Cl)c1. The lowest BCUT2D eigenvalue weighted by molar-refractivity contribution is 0.0898. The molecule has 3 atom stereocenters. The highest BCUT2D eigenvalue weighted by Crippen LogP contribution is 2.20. The molecule has 0 aromatic heterocycles. The lowest BCUT2D eigenvalue weighted by atomic mass is 9.89. The second-order valence-electron chi connectivity index (χ2n) is 5.49. The van der Waals surface area contributed by atoms with Crippen molar-refractivity contribution in [2.24, 2.45) is 5.92 Å². The number of hydrogen-bond donors (Lipinski definition) is 2. The van der Waals surface area contributed by atoms with E-state index in [4.69, 9.17) is 11.6 Å². The first-order valence-corrected chi connectivity index (χ1v) is 7.17. The molecule has 3 unspecified atom stereocenters. The van der Waals surface area contributed by atoms with Gasteiger partial charge in [0.15, 0.2) is 0 Å². The molecule has 2 rings (SSSR count). The van der Waals surface area contributed by atoms with E-state index in [0.717, 1.165) is 18.5 Å². The minimum atomic E-state index is -0.0857. The maximum atomic E-state index is 12.3. The van der Waals surface area contributed by atoms with Gasteiger partial charge in [-0.15, -0.1) is 0 Å². The summed E-state index contributed by atoms with van der Waals surface area (Å²) >= 11 is 6.14. The highest BCUT2D eigenvalue weighted by molar-refractivity contribution is 6.33. The van der Waals surface area contributed by atoms with Gasteiger partial charge < -0.3 is 10.6 Å². The van der Waals surface area contributed by atoms with Crippen molar-refractivity contribution in [3.05, 3.63) is 34.3 Å². The number of carbonyl (C=O) groups excluding carboxylic acids is 1. The lowest BCUT2D eigenvalue weighted by Crippen LogP contribution is -2.55.